The summed E-state index contributed by atoms with van der Waals surface area (Å²) < 4.78 is 12.1. The Bertz CT molecular complexity index is 1030. The summed E-state index contributed by atoms with van der Waals surface area (Å²) in [5.41, 5.74) is -0.0920. The predicted molar refractivity (Wildman–Crippen MR) is 83.9 cm³/mol. The average Bonchev–Trinajstić information content (AvgIpc) is 3.28. The number of para-hydroxylation sites is 2. The molecule has 0 aliphatic carbocycles. The van der Waals surface area contributed by atoms with E-state index in [0.29, 0.717) is 21.5 Å². The average molecular weight is 324 g/mol. The van der Waals surface area contributed by atoms with Gasteiger partial charge in [0.2, 0.25) is 11.3 Å². The maximum atomic E-state index is 12.8. The Morgan fingerprint density at radius 3 is 2.58 bits per heavy atom. The van der Waals surface area contributed by atoms with Gasteiger partial charge in [0.25, 0.3) is 0 Å². The summed E-state index contributed by atoms with van der Waals surface area (Å²) in [6.07, 6.45) is 2.92. The normalized spacial score (nSPS) is 11.0. The number of hydrogen-bond donors (Lipinski definition) is 0. The first-order valence-corrected chi connectivity index (χ1v) is 7.22. The van der Waals surface area contributed by atoms with Gasteiger partial charge in [0, 0.05) is 6.07 Å². The second-order valence-electron chi connectivity index (χ2n) is 5.06. The zero-order valence-electron chi connectivity index (χ0n) is 12.4. The summed E-state index contributed by atoms with van der Waals surface area (Å²) >= 11 is 0. The van der Waals surface area contributed by atoms with Crippen LogP contribution in [0.1, 0.15) is 5.76 Å². The molecular formula is C17H12N2O5. The zero-order valence-corrected chi connectivity index (χ0v) is 12.4. The van der Waals surface area contributed by atoms with Crippen molar-refractivity contribution in [3.05, 3.63) is 82.4 Å². The lowest BCUT2D eigenvalue weighted by Gasteiger charge is -2.12. The molecule has 4 aromatic rings. The molecule has 3 heterocycles. The molecule has 120 valence electrons. The number of benzene rings is 1. The van der Waals surface area contributed by atoms with Gasteiger partial charge in [0.15, 0.2) is 12.1 Å². The summed E-state index contributed by atoms with van der Waals surface area (Å²) in [7, 11) is 0. The molecule has 0 unspecified atom stereocenters. The first-order chi connectivity index (χ1) is 11.8. The first-order valence-electron chi connectivity index (χ1n) is 7.22. The maximum Gasteiger partial charge on any atom is 0.361 e. The molecule has 0 saturated heterocycles. The quantitative estimate of drug-likeness (QED) is 0.424. The molecule has 3 aromatic heterocycles. The summed E-state index contributed by atoms with van der Waals surface area (Å²) in [4.78, 5) is 18.4. The topological polar surface area (TPSA) is 84.5 Å². The highest BCUT2D eigenvalue weighted by Crippen LogP contribution is 2.16. The van der Waals surface area contributed by atoms with E-state index in [1.54, 1.807) is 48.5 Å². The molecule has 7 heteroatoms. The smallest absolute Gasteiger partial charge is 0.361 e. The van der Waals surface area contributed by atoms with E-state index in [-0.39, 0.29) is 18.1 Å². The largest absolute Gasteiger partial charge is 0.618 e. The first kappa shape index (κ1) is 14.1. The van der Waals surface area contributed by atoms with Crippen LogP contribution in [0.3, 0.4) is 0 Å². The fraction of sp³-hybridized carbons (Fsp3) is 0.0588. The zero-order chi connectivity index (χ0) is 16.5. The van der Waals surface area contributed by atoms with E-state index in [4.69, 9.17) is 13.7 Å². The molecule has 7 nitrogen and oxygen atoms in total. The lowest BCUT2D eigenvalue weighted by atomic mass is 10.2. The van der Waals surface area contributed by atoms with Crippen LogP contribution in [0.5, 0.6) is 0 Å². The van der Waals surface area contributed by atoms with Crippen molar-refractivity contribution in [3.8, 4) is 11.5 Å². The van der Waals surface area contributed by atoms with Gasteiger partial charge in [-0.05, 0) is 30.3 Å². The van der Waals surface area contributed by atoms with Gasteiger partial charge < -0.3 is 18.9 Å². The minimum Gasteiger partial charge on any atom is -0.618 e. The molecule has 4 rings (SSSR count). The SMILES string of the molecule is O=c1c(-c2ccco2)[n+]([O-])c2ccccc2n1OCc1ccco1. The minimum atomic E-state index is -0.606. The highest BCUT2D eigenvalue weighted by molar-refractivity contribution is 5.72. The van der Waals surface area contributed by atoms with Crippen molar-refractivity contribution in [1.29, 1.82) is 0 Å². The van der Waals surface area contributed by atoms with Gasteiger partial charge in [-0.2, -0.15) is 4.73 Å². The Kier molecular flexibility index (Phi) is 3.31. The third-order valence-corrected chi connectivity index (χ3v) is 3.58. The molecular weight excluding hydrogens is 312 g/mol. The highest BCUT2D eigenvalue weighted by atomic mass is 16.7. The van der Waals surface area contributed by atoms with Gasteiger partial charge in [-0.25, -0.2) is 0 Å². The second-order valence-corrected chi connectivity index (χ2v) is 5.06. The van der Waals surface area contributed by atoms with Gasteiger partial charge in [-0.1, -0.05) is 12.1 Å². The molecule has 0 amide bonds. The Labute approximate surface area is 135 Å². The fourth-order valence-corrected chi connectivity index (χ4v) is 2.49. The van der Waals surface area contributed by atoms with Gasteiger partial charge in [-0.3, -0.25) is 4.79 Å². The second kappa shape index (κ2) is 5.62. The van der Waals surface area contributed by atoms with Crippen molar-refractivity contribution in [1.82, 2.24) is 4.73 Å². The van der Waals surface area contributed by atoms with E-state index < -0.39 is 5.56 Å². The van der Waals surface area contributed by atoms with Crippen molar-refractivity contribution < 1.29 is 18.4 Å². The van der Waals surface area contributed by atoms with E-state index in [1.165, 1.54) is 12.5 Å². The van der Waals surface area contributed by atoms with Crippen molar-refractivity contribution in [2.75, 3.05) is 0 Å². The fourth-order valence-electron chi connectivity index (χ4n) is 2.49. The molecule has 0 bridgehead atoms. The molecule has 0 fully saturated rings. The highest BCUT2D eigenvalue weighted by Gasteiger charge is 2.25. The molecule has 0 spiro atoms. The molecule has 0 atom stereocenters. The Balaban J connectivity index is 1.92. The van der Waals surface area contributed by atoms with Crippen LogP contribution >= 0.6 is 0 Å². The molecule has 1 aromatic carbocycles. The van der Waals surface area contributed by atoms with E-state index in [2.05, 4.69) is 0 Å². The summed E-state index contributed by atoms with van der Waals surface area (Å²) in [5, 5.41) is 12.6. The van der Waals surface area contributed by atoms with Gasteiger partial charge in [0.1, 0.15) is 5.76 Å². The van der Waals surface area contributed by atoms with Gasteiger partial charge in [0.05, 0.1) is 12.5 Å². The Morgan fingerprint density at radius 1 is 1.04 bits per heavy atom. The van der Waals surface area contributed by atoms with Crippen molar-refractivity contribution >= 4 is 11.0 Å². The standard InChI is InChI=1S/C17H12N2O5/c20-17-16(15-8-4-10-23-15)18(21)13-6-1-2-7-14(13)19(17)24-11-12-5-3-9-22-12/h1-10H,11H2. The molecule has 0 saturated carbocycles. The Hall–Kier alpha value is -3.48. The third kappa shape index (κ3) is 2.23. The number of furan rings is 2. The number of nitrogens with zero attached hydrogens (tertiary/aromatic N) is 2. The van der Waals surface area contributed by atoms with Crippen LogP contribution in [-0.2, 0) is 6.61 Å². The van der Waals surface area contributed by atoms with E-state index in [1.807, 2.05) is 0 Å². The van der Waals surface area contributed by atoms with E-state index in [9.17, 15) is 10.0 Å². The van der Waals surface area contributed by atoms with Crippen LogP contribution in [-0.4, -0.2) is 4.73 Å². The molecule has 0 aliphatic heterocycles. The van der Waals surface area contributed by atoms with Crippen LogP contribution in [0.2, 0.25) is 0 Å². The van der Waals surface area contributed by atoms with Crippen LogP contribution < -0.4 is 15.1 Å². The van der Waals surface area contributed by atoms with Crippen molar-refractivity contribution in [2.45, 2.75) is 6.61 Å². The lowest BCUT2D eigenvalue weighted by Crippen LogP contribution is -2.42. The van der Waals surface area contributed by atoms with Crippen LogP contribution in [0, 0.1) is 5.21 Å². The molecule has 0 N–H and O–H groups in total. The number of aromatic nitrogens is 2. The van der Waals surface area contributed by atoms with Gasteiger partial charge in [-0.15, -0.1) is 4.73 Å². The summed E-state index contributed by atoms with van der Waals surface area (Å²) in [6, 6.07) is 13.3. The van der Waals surface area contributed by atoms with Crippen LogP contribution in [0.4, 0.5) is 0 Å². The van der Waals surface area contributed by atoms with Gasteiger partial charge >= 0.3 is 11.3 Å². The molecule has 0 radical (unpaired) electrons. The van der Waals surface area contributed by atoms with E-state index in [0.717, 1.165) is 4.73 Å². The van der Waals surface area contributed by atoms with Crippen molar-refractivity contribution in [3.63, 3.8) is 0 Å². The molecule has 0 aliphatic rings. The van der Waals surface area contributed by atoms with Crippen molar-refractivity contribution in [2.24, 2.45) is 0 Å². The number of hydrogen-bond acceptors (Lipinski definition) is 5. The Morgan fingerprint density at radius 2 is 1.83 bits per heavy atom. The predicted octanol–water partition coefficient (Wildman–Crippen LogP) is 2.12. The minimum absolute atomic E-state index is 0.0529. The van der Waals surface area contributed by atoms with Crippen LogP contribution in [0.15, 0.2) is 74.7 Å². The summed E-state index contributed by atoms with van der Waals surface area (Å²) in [6.45, 7) is 0.0529. The third-order valence-electron chi connectivity index (χ3n) is 3.58. The van der Waals surface area contributed by atoms with E-state index >= 15 is 0 Å². The molecule has 24 heavy (non-hydrogen) atoms. The number of fused-ring (bicyclic) bond motifs is 1. The maximum absolute atomic E-state index is 12.8. The van der Waals surface area contributed by atoms with Crippen LogP contribution in [0.25, 0.3) is 22.5 Å². The monoisotopic (exact) mass is 324 g/mol. The lowest BCUT2D eigenvalue weighted by molar-refractivity contribution is -0.567. The summed E-state index contributed by atoms with van der Waals surface area (Å²) in [5.74, 6) is 0.737. The number of rotatable bonds is 4.